The molecule has 2 aliphatic rings. The molecule has 7 nitrogen and oxygen atoms in total. The molecule has 3 heterocycles. The summed E-state index contributed by atoms with van der Waals surface area (Å²) < 4.78 is 52.7. The molecule has 2 N–H and O–H groups in total. The van der Waals surface area contributed by atoms with Gasteiger partial charge < -0.3 is 19.8 Å². The van der Waals surface area contributed by atoms with E-state index in [0.29, 0.717) is 0 Å². The molecule has 0 unspecified atom stereocenters. The molecule has 40 heavy (non-hydrogen) atoms. The van der Waals surface area contributed by atoms with Crippen molar-refractivity contribution in [1.82, 2.24) is 15.5 Å². The molecular formula is C29H31BrF3N3O4. The molecule has 1 amide bonds. The Morgan fingerprint density at radius 1 is 1.10 bits per heavy atom. The normalized spacial score (nSPS) is 17.7. The van der Waals surface area contributed by atoms with Crippen LogP contribution in [0.4, 0.5) is 13.2 Å². The molecule has 1 aromatic heterocycles. The zero-order valence-corrected chi connectivity index (χ0v) is 23.4. The summed E-state index contributed by atoms with van der Waals surface area (Å²) in [7, 11) is 0. The van der Waals surface area contributed by atoms with Crippen LogP contribution in [0.3, 0.4) is 0 Å². The van der Waals surface area contributed by atoms with Crippen molar-refractivity contribution in [2.24, 2.45) is 0 Å². The number of piperidine rings is 2. The van der Waals surface area contributed by atoms with Crippen LogP contribution in [0.2, 0.25) is 0 Å². The number of rotatable bonds is 7. The van der Waals surface area contributed by atoms with Crippen molar-refractivity contribution in [3.8, 4) is 5.75 Å². The molecule has 0 radical (unpaired) electrons. The molecule has 3 aromatic rings. The van der Waals surface area contributed by atoms with E-state index in [-0.39, 0.29) is 29.7 Å². The van der Waals surface area contributed by atoms with Crippen LogP contribution in [-0.4, -0.2) is 49.1 Å². The highest BCUT2D eigenvalue weighted by molar-refractivity contribution is 9.10. The first kappa shape index (κ1) is 28.6. The standard InChI is InChI=1S/C29H31BrF3N3O4/c30-24-14-18(4-5-26(24)39-20-6-10-34-11-7-20)17-36-12-8-19(9-13-36)35-27(38)16-21-15-25(37)22-2-1-3-23(28(22)40-21)29(31,32)33/h1-5,14-15,19-20,34H,6-13,16-17H2,(H,35,38). The third-order valence-corrected chi connectivity index (χ3v) is 8.00. The van der Waals surface area contributed by atoms with Crippen LogP contribution in [0.25, 0.3) is 11.0 Å². The molecule has 0 aliphatic carbocycles. The lowest BCUT2D eigenvalue weighted by Gasteiger charge is -2.32. The zero-order valence-electron chi connectivity index (χ0n) is 21.9. The van der Waals surface area contributed by atoms with Gasteiger partial charge in [0.05, 0.1) is 21.8 Å². The number of para-hydroxylation sites is 1. The molecule has 0 spiro atoms. The fraction of sp³-hybridized carbons (Fsp3) is 0.448. The summed E-state index contributed by atoms with van der Waals surface area (Å²) in [4.78, 5) is 27.4. The van der Waals surface area contributed by atoms with Gasteiger partial charge in [0.25, 0.3) is 0 Å². The van der Waals surface area contributed by atoms with Gasteiger partial charge in [0, 0.05) is 31.7 Å². The fourth-order valence-electron chi connectivity index (χ4n) is 5.30. The minimum Gasteiger partial charge on any atom is -0.489 e. The minimum absolute atomic E-state index is 0.0610. The predicted molar refractivity (Wildman–Crippen MR) is 148 cm³/mol. The van der Waals surface area contributed by atoms with Crippen LogP contribution in [0.15, 0.2) is 56.1 Å². The fourth-order valence-corrected chi connectivity index (χ4v) is 5.82. The van der Waals surface area contributed by atoms with E-state index in [2.05, 4.69) is 43.6 Å². The van der Waals surface area contributed by atoms with Gasteiger partial charge in [-0.3, -0.25) is 14.5 Å². The number of hydrogen-bond donors (Lipinski definition) is 2. The summed E-state index contributed by atoms with van der Waals surface area (Å²) in [5, 5.41) is 6.11. The van der Waals surface area contributed by atoms with E-state index in [1.807, 2.05) is 6.07 Å². The van der Waals surface area contributed by atoms with E-state index in [4.69, 9.17) is 9.15 Å². The predicted octanol–water partition coefficient (Wildman–Crippen LogP) is 5.03. The summed E-state index contributed by atoms with van der Waals surface area (Å²) >= 11 is 3.64. The lowest BCUT2D eigenvalue weighted by molar-refractivity contribution is -0.136. The molecular weight excluding hydrogens is 591 g/mol. The number of halogens is 4. The van der Waals surface area contributed by atoms with Gasteiger partial charge in [0.1, 0.15) is 23.2 Å². The molecule has 2 aromatic carbocycles. The van der Waals surface area contributed by atoms with Gasteiger partial charge in [-0.1, -0.05) is 12.1 Å². The second kappa shape index (κ2) is 12.3. The van der Waals surface area contributed by atoms with Crippen LogP contribution in [0.1, 0.15) is 42.6 Å². The first-order chi connectivity index (χ1) is 19.2. The second-order valence-corrected chi connectivity index (χ2v) is 11.2. The van der Waals surface area contributed by atoms with E-state index < -0.39 is 28.7 Å². The van der Waals surface area contributed by atoms with Gasteiger partial charge >= 0.3 is 6.18 Å². The number of hydrogen-bond acceptors (Lipinski definition) is 6. The summed E-state index contributed by atoms with van der Waals surface area (Å²) in [6.45, 7) is 4.29. The summed E-state index contributed by atoms with van der Waals surface area (Å²) in [5.74, 6) is 0.370. The van der Waals surface area contributed by atoms with Crippen LogP contribution in [-0.2, 0) is 23.9 Å². The van der Waals surface area contributed by atoms with Gasteiger partial charge in [-0.05, 0) is 84.5 Å². The number of likely N-dealkylation sites (tertiary alicyclic amines) is 1. The Balaban J connectivity index is 1.13. The third kappa shape index (κ3) is 7.05. The van der Waals surface area contributed by atoms with E-state index in [9.17, 15) is 22.8 Å². The van der Waals surface area contributed by atoms with Crippen LogP contribution in [0.5, 0.6) is 5.75 Å². The first-order valence-corrected chi connectivity index (χ1v) is 14.3. The average Bonchev–Trinajstić information content (AvgIpc) is 2.91. The number of fused-ring (bicyclic) bond motifs is 1. The van der Waals surface area contributed by atoms with Crippen molar-refractivity contribution in [1.29, 1.82) is 0 Å². The molecule has 2 saturated heterocycles. The minimum atomic E-state index is -4.68. The molecule has 5 rings (SSSR count). The van der Waals surface area contributed by atoms with Gasteiger partial charge in [-0.2, -0.15) is 13.2 Å². The van der Waals surface area contributed by atoms with Crippen molar-refractivity contribution in [3.63, 3.8) is 0 Å². The Morgan fingerprint density at radius 3 is 2.55 bits per heavy atom. The lowest BCUT2D eigenvalue weighted by Crippen LogP contribution is -2.44. The lowest BCUT2D eigenvalue weighted by atomic mass is 10.0. The largest absolute Gasteiger partial charge is 0.489 e. The quantitative estimate of drug-likeness (QED) is 0.385. The summed E-state index contributed by atoms with van der Waals surface area (Å²) in [6.07, 6.45) is -1.29. The van der Waals surface area contributed by atoms with Gasteiger partial charge in [0.2, 0.25) is 5.91 Å². The highest BCUT2D eigenvalue weighted by Gasteiger charge is 2.34. The van der Waals surface area contributed by atoms with E-state index in [0.717, 1.165) is 86.3 Å². The van der Waals surface area contributed by atoms with E-state index in [1.54, 1.807) is 0 Å². The Bertz CT molecular complexity index is 1410. The number of carbonyl (C=O) groups excluding carboxylic acids is 1. The molecule has 2 fully saturated rings. The number of ether oxygens (including phenoxy) is 1. The summed E-state index contributed by atoms with van der Waals surface area (Å²) in [6, 6.07) is 10.5. The van der Waals surface area contributed by atoms with Gasteiger partial charge in [-0.25, -0.2) is 0 Å². The van der Waals surface area contributed by atoms with Crippen LogP contribution < -0.4 is 20.8 Å². The Kier molecular flexibility index (Phi) is 8.82. The molecule has 0 atom stereocenters. The van der Waals surface area contributed by atoms with Crippen molar-refractivity contribution < 1.29 is 27.1 Å². The molecule has 0 saturated carbocycles. The van der Waals surface area contributed by atoms with Gasteiger partial charge in [-0.15, -0.1) is 0 Å². The Labute approximate surface area is 238 Å². The number of nitrogens with zero attached hydrogens (tertiary/aromatic N) is 1. The third-order valence-electron chi connectivity index (χ3n) is 7.38. The number of alkyl halides is 3. The van der Waals surface area contributed by atoms with Gasteiger partial charge in [0.15, 0.2) is 5.43 Å². The maximum absolute atomic E-state index is 13.4. The number of amides is 1. The SMILES string of the molecule is O=C(Cc1cc(=O)c2cccc(C(F)(F)F)c2o1)NC1CCN(Cc2ccc(OC3CCNCC3)c(Br)c2)CC1. The van der Waals surface area contributed by atoms with E-state index in [1.165, 1.54) is 12.1 Å². The highest BCUT2D eigenvalue weighted by Crippen LogP contribution is 2.34. The van der Waals surface area contributed by atoms with Crippen molar-refractivity contribution in [2.45, 2.75) is 57.0 Å². The Hall–Kier alpha value is -2.89. The molecule has 11 heteroatoms. The zero-order chi connectivity index (χ0) is 28.3. The average molecular weight is 622 g/mol. The molecule has 0 bridgehead atoms. The number of carbonyl (C=O) groups is 1. The smallest absolute Gasteiger partial charge is 0.420 e. The van der Waals surface area contributed by atoms with Crippen molar-refractivity contribution in [3.05, 3.63) is 74.0 Å². The first-order valence-electron chi connectivity index (χ1n) is 13.5. The maximum atomic E-state index is 13.4. The highest BCUT2D eigenvalue weighted by atomic mass is 79.9. The maximum Gasteiger partial charge on any atom is 0.420 e. The van der Waals surface area contributed by atoms with Crippen LogP contribution >= 0.6 is 15.9 Å². The van der Waals surface area contributed by atoms with Crippen molar-refractivity contribution >= 4 is 32.8 Å². The topological polar surface area (TPSA) is 83.8 Å². The molecule has 2 aliphatic heterocycles. The Morgan fingerprint density at radius 2 is 1.85 bits per heavy atom. The molecule has 214 valence electrons. The number of benzene rings is 2. The van der Waals surface area contributed by atoms with Crippen molar-refractivity contribution in [2.75, 3.05) is 26.2 Å². The van der Waals surface area contributed by atoms with E-state index >= 15 is 0 Å². The monoisotopic (exact) mass is 621 g/mol. The second-order valence-electron chi connectivity index (χ2n) is 10.4. The number of nitrogens with one attached hydrogen (secondary N) is 2. The van der Waals surface area contributed by atoms with Crippen LogP contribution in [0, 0.1) is 0 Å². The summed E-state index contributed by atoms with van der Waals surface area (Å²) in [5.41, 5.74) is -1.03.